The molecule has 3 nitrogen and oxygen atoms in total. The van der Waals surface area contributed by atoms with Crippen LogP contribution in [-0.4, -0.2) is 4.98 Å². The Hall–Kier alpha value is -2.81. The van der Waals surface area contributed by atoms with Gasteiger partial charge in [-0.05, 0) is 66.3 Å². The second-order valence-corrected chi connectivity index (χ2v) is 6.44. The van der Waals surface area contributed by atoms with Gasteiger partial charge in [0.1, 0.15) is 12.4 Å². The zero-order chi connectivity index (χ0) is 16.9. The molecule has 1 aromatic heterocycles. The Bertz CT molecular complexity index is 846. The Morgan fingerprint density at radius 1 is 0.920 bits per heavy atom. The molecule has 0 aliphatic heterocycles. The number of nitrogens with zero attached hydrogens (tertiary/aromatic N) is 1. The van der Waals surface area contributed by atoms with Gasteiger partial charge >= 0.3 is 0 Å². The van der Waals surface area contributed by atoms with Gasteiger partial charge in [-0.3, -0.25) is 4.98 Å². The third-order valence-corrected chi connectivity index (χ3v) is 4.70. The predicted octanol–water partition coefficient (Wildman–Crippen LogP) is 4.76. The van der Waals surface area contributed by atoms with Crippen LogP contribution in [0.3, 0.4) is 0 Å². The number of nitrogens with one attached hydrogen (secondary N) is 1. The molecule has 0 saturated carbocycles. The van der Waals surface area contributed by atoms with Gasteiger partial charge in [0.2, 0.25) is 0 Å². The molecule has 3 heteroatoms. The highest BCUT2D eigenvalue weighted by molar-refractivity contribution is 5.51. The number of hydrogen-bond acceptors (Lipinski definition) is 3. The molecule has 0 unspecified atom stereocenters. The monoisotopic (exact) mass is 330 g/mol. The van der Waals surface area contributed by atoms with Gasteiger partial charge in [-0.2, -0.15) is 0 Å². The van der Waals surface area contributed by atoms with Crippen LogP contribution < -0.4 is 10.1 Å². The number of aryl methyl sites for hydroxylation is 2. The predicted molar refractivity (Wildman–Crippen MR) is 101 cm³/mol. The van der Waals surface area contributed by atoms with Crippen LogP contribution in [0.1, 0.15) is 28.7 Å². The lowest BCUT2D eigenvalue weighted by molar-refractivity contribution is 0.303. The summed E-state index contributed by atoms with van der Waals surface area (Å²) in [4.78, 5) is 4.04. The lowest BCUT2D eigenvalue weighted by Crippen LogP contribution is -2.04. The fraction of sp³-hybridized carbons (Fsp3) is 0.227. The second kappa shape index (κ2) is 7.39. The van der Waals surface area contributed by atoms with Crippen LogP contribution in [0.4, 0.5) is 5.69 Å². The van der Waals surface area contributed by atoms with E-state index >= 15 is 0 Å². The molecule has 1 heterocycles. The second-order valence-electron chi connectivity index (χ2n) is 6.44. The highest BCUT2D eigenvalue weighted by Crippen LogP contribution is 2.26. The van der Waals surface area contributed by atoms with Crippen LogP contribution in [0.25, 0.3) is 0 Å². The Morgan fingerprint density at radius 2 is 1.76 bits per heavy atom. The zero-order valence-electron chi connectivity index (χ0n) is 14.2. The SMILES string of the molecule is c1ccc(OCc2ccncc2)c(CNc2ccc3c(c2)CCC3)c1. The summed E-state index contributed by atoms with van der Waals surface area (Å²) in [6.45, 7) is 1.31. The number of aromatic nitrogens is 1. The first-order valence-corrected chi connectivity index (χ1v) is 8.84. The van der Waals surface area contributed by atoms with Gasteiger partial charge in [-0.15, -0.1) is 0 Å². The summed E-state index contributed by atoms with van der Waals surface area (Å²) < 4.78 is 6.02. The van der Waals surface area contributed by atoms with E-state index in [4.69, 9.17) is 4.74 Å². The molecule has 0 spiro atoms. The van der Waals surface area contributed by atoms with Crippen molar-refractivity contribution >= 4 is 5.69 Å². The van der Waals surface area contributed by atoms with Crippen molar-refractivity contribution < 1.29 is 4.74 Å². The quantitative estimate of drug-likeness (QED) is 0.707. The fourth-order valence-electron chi connectivity index (χ4n) is 3.31. The summed E-state index contributed by atoms with van der Waals surface area (Å²) in [6.07, 6.45) is 7.29. The Balaban J connectivity index is 1.42. The summed E-state index contributed by atoms with van der Waals surface area (Å²) in [5.74, 6) is 0.924. The van der Waals surface area contributed by atoms with Crippen molar-refractivity contribution in [3.05, 3.63) is 89.2 Å². The van der Waals surface area contributed by atoms with Crippen molar-refractivity contribution in [1.82, 2.24) is 4.98 Å². The summed E-state index contributed by atoms with van der Waals surface area (Å²) in [7, 11) is 0. The smallest absolute Gasteiger partial charge is 0.124 e. The first kappa shape index (κ1) is 15.7. The van der Waals surface area contributed by atoms with E-state index in [1.54, 1.807) is 12.4 Å². The number of para-hydroxylation sites is 1. The Morgan fingerprint density at radius 3 is 2.68 bits per heavy atom. The molecule has 0 atom stereocenters. The number of anilines is 1. The fourth-order valence-corrected chi connectivity index (χ4v) is 3.31. The summed E-state index contributed by atoms with van der Waals surface area (Å²) in [5, 5.41) is 3.54. The molecular weight excluding hydrogens is 308 g/mol. The molecule has 1 N–H and O–H groups in total. The van der Waals surface area contributed by atoms with Gasteiger partial charge in [-0.25, -0.2) is 0 Å². The minimum absolute atomic E-state index is 0.554. The van der Waals surface area contributed by atoms with E-state index in [9.17, 15) is 0 Å². The summed E-state index contributed by atoms with van der Waals surface area (Å²) in [6, 6.07) is 18.9. The lowest BCUT2D eigenvalue weighted by atomic mass is 10.1. The molecular formula is C22H22N2O. The number of rotatable bonds is 6. The van der Waals surface area contributed by atoms with Crippen LogP contribution in [0.5, 0.6) is 5.75 Å². The standard InChI is InChI=1S/C22H22N2O/c1-2-7-22(25-16-17-10-12-23-13-11-17)20(4-1)15-24-21-9-8-18-5-3-6-19(18)14-21/h1-2,4,7-14,24H,3,5-6,15-16H2. The number of fused-ring (bicyclic) bond motifs is 1. The molecule has 0 fully saturated rings. The first-order valence-electron chi connectivity index (χ1n) is 8.84. The largest absolute Gasteiger partial charge is 0.489 e. The van der Waals surface area contributed by atoms with Gasteiger partial charge in [0, 0.05) is 30.2 Å². The Labute approximate surface area is 148 Å². The molecule has 25 heavy (non-hydrogen) atoms. The Kier molecular flexibility index (Phi) is 4.64. The first-order chi connectivity index (χ1) is 12.4. The molecule has 1 aliphatic carbocycles. The van der Waals surface area contributed by atoms with Crippen LogP contribution in [0.2, 0.25) is 0 Å². The van der Waals surface area contributed by atoms with Crippen molar-refractivity contribution in [2.24, 2.45) is 0 Å². The molecule has 1 aliphatic rings. The van der Waals surface area contributed by atoms with E-state index in [2.05, 4.69) is 40.6 Å². The maximum Gasteiger partial charge on any atom is 0.124 e. The van der Waals surface area contributed by atoms with Crippen molar-refractivity contribution in [1.29, 1.82) is 0 Å². The van der Waals surface area contributed by atoms with Crippen molar-refractivity contribution in [3.8, 4) is 5.75 Å². The van der Waals surface area contributed by atoms with Gasteiger partial charge in [0.15, 0.2) is 0 Å². The molecule has 0 bridgehead atoms. The van der Waals surface area contributed by atoms with Crippen LogP contribution in [0, 0.1) is 0 Å². The third-order valence-electron chi connectivity index (χ3n) is 4.70. The minimum Gasteiger partial charge on any atom is -0.489 e. The molecule has 2 aromatic carbocycles. The van der Waals surface area contributed by atoms with E-state index < -0.39 is 0 Å². The van der Waals surface area contributed by atoms with E-state index in [1.165, 1.54) is 36.1 Å². The van der Waals surface area contributed by atoms with Gasteiger partial charge in [0.25, 0.3) is 0 Å². The van der Waals surface area contributed by atoms with Crippen molar-refractivity contribution in [2.75, 3.05) is 5.32 Å². The normalized spacial score (nSPS) is 12.6. The van der Waals surface area contributed by atoms with E-state index in [-0.39, 0.29) is 0 Å². The summed E-state index contributed by atoms with van der Waals surface area (Å²) >= 11 is 0. The highest BCUT2D eigenvalue weighted by atomic mass is 16.5. The summed E-state index contributed by atoms with van der Waals surface area (Å²) in [5.41, 5.74) is 6.47. The maximum absolute atomic E-state index is 6.02. The number of benzene rings is 2. The van der Waals surface area contributed by atoms with E-state index in [1.807, 2.05) is 24.3 Å². The maximum atomic E-state index is 6.02. The lowest BCUT2D eigenvalue weighted by Gasteiger charge is -2.13. The van der Waals surface area contributed by atoms with Crippen molar-refractivity contribution in [2.45, 2.75) is 32.4 Å². The van der Waals surface area contributed by atoms with Crippen LogP contribution in [-0.2, 0) is 26.0 Å². The van der Waals surface area contributed by atoms with Gasteiger partial charge in [-0.1, -0.05) is 24.3 Å². The average Bonchev–Trinajstić information content (AvgIpc) is 3.14. The van der Waals surface area contributed by atoms with Gasteiger partial charge < -0.3 is 10.1 Å². The molecule has 0 radical (unpaired) electrons. The average molecular weight is 330 g/mol. The molecule has 4 rings (SSSR count). The van der Waals surface area contributed by atoms with Crippen molar-refractivity contribution in [3.63, 3.8) is 0 Å². The molecule has 3 aromatic rings. The number of ether oxygens (including phenoxy) is 1. The molecule has 0 saturated heterocycles. The van der Waals surface area contributed by atoms with E-state index in [0.29, 0.717) is 6.61 Å². The van der Waals surface area contributed by atoms with Gasteiger partial charge in [0.05, 0.1) is 0 Å². The minimum atomic E-state index is 0.554. The zero-order valence-corrected chi connectivity index (χ0v) is 14.2. The molecule has 126 valence electrons. The highest BCUT2D eigenvalue weighted by Gasteiger charge is 2.11. The van der Waals surface area contributed by atoms with Crippen LogP contribution in [0.15, 0.2) is 67.0 Å². The molecule has 0 amide bonds. The van der Waals surface area contributed by atoms with Crippen LogP contribution >= 0.6 is 0 Å². The topological polar surface area (TPSA) is 34.1 Å². The van der Waals surface area contributed by atoms with E-state index in [0.717, 1.165) is 23.4 Å². The number of hydrogen-bond donors (Lipinski definition) is 1. The number of pyridine rings is 1. The third kappa shape index (κ3) is 3.82.